The van der Waals surface area contributed by atoms with Gasteiger partial charge in [0.05, 0.1) is 50.1 Å². The number of carbonyl (C=O) groups excluding carboxylic acids is 4. The topological polar surface area (TPSA) is 105 Å². The maximum Gasteiger partial charge on any atom is 0.309 e. The molecule has 148 valence electrons. The second-order valence-electron chi connectivity index (χ2n) is 5.91. The Balaban J connectivity index is 3.17. The van der Waals surface area contributed by atoms with Gasteiger partial charge in [0.15, 0.2) is 0 Å². The summed E-state index contributed by atoms with van der Waals surface area (Å²) >= 11 is 0. The maximum absolute atomic E-state index is 12.3. The first-order valence-corrected chi connectivity index (χ1v) is 9.07. The van der Waals surface area contributed by atoms with Crippen LogP contribution < -0.4 is 0 Å². The Morgan fingerprint density at radius 1 is 0.538 bits per heavy atom. The summed E-state index contributed by atoms with van der Waals surface area (Å²) in [6, 6.07) is 0. The van der Waals surface area contributed by atoms with E-state index in [2.05, 4.69) is 0 Å². The quantitative estimate of drug-likeness (QED) is 0.466. The Kier molecular flexibility index (Phi) is 9.09. The van der Waals surface area contributed by atoms with Crippen LogP contribution in [0.15, 0.2) is 0 Å². The third-order valence-corrected chi connectivity index (χ3v) is 4.34. The highest BCUT2D eigenvalue weighted by molar-refractivity contribution is 5.87. The van der Waals surface area contributed by atoms with E-state index in [1.54, 1.807) is 27.7 Å². The first-order valence-electron chi connectivity index (χ1n) is 9.07. The van der Waals surface area contributed by atoms with Gasteiger partial charge in [0, 0.05) is 0 Å². The zero-order valence-electron chi connectivity index (χ0n) is 15.8. The van der Waals surface area contributed by atoms with Gasteiger partial charge < -0.3 is 18.9 Å². The van der Waals surface area contributed by atoms with E-state index in [9.17, 15) is 19.2 Å². The minimum absolute atomic E-state index is 0.0232. The van der Waals surface area contributed by atoms with Crippen LogP contribution in [-0.4, -0.2) is 50.3 Å². The van der Waals surface area contributed by atoms with Gasteiger partial charge in [-0.2, -0.15) is 0 Å². The number of esters is 4. The third kappa shape index (κ3) is 5.44. The van der Waals surface area contributed by atoms with Crippen LogP contribution in [0.1, 0.15) is 40.5 Å². The number of ether oxygens (including phenoxy) is 4. The smallest absolute Gasteiger partial charge is 0.309 e. The molecule has 1 rings (SSSR count). The molecule has 0 radical (unpaired) electrons. The van der Waals surface area contributed by atoms with Crippen LogP contribution in [0.4, 0.5) is 0 Å². The highest BCUT2D eigenvalue weighted by Gasteiger charge is 2.50. The Labute approximate surface area is 153 Å². The molecule has 0 spiro atoms. The van der Waals surface area contributed by atoms with Gasteiger partial charge in [0.2, 0.25) is 0 Å². The fourth-order valence-corrected chi connectivity index (χ4v) is 3.24. The molecule has 0 aromatic carbocycles. The summed E-state index contributed by atoms with van der Waals surface area (Å²) in [5, 5.41) is 0. The molecule has 0 N–H and O–H groups in total. The number of rotatable bonds is 8. The third-order valence-electron chi connectivity index (χ3n) is 4.34. The van der Waals surface area contributed by atoms with E-state index in [4.69, 9.17) is 18.9 Å². The first-order chi connectivity index (χ1) is 12.4. The van der Waals surface area contributed by atoms with Crippen molar-refractivity contribution in [2.24, 2.45) is 23.7 Å². The van der Waals surface area contributed by atoms with Gasteiger partial charge >= 0.3 is 23.9 Å². The fraction of sp³-hybridized carbons (Fsp3) is 0.778. The van der Waals surface area contributed by atoms with Crippen LogP contribution in [0, 0.1) is 23.7 Å². The van der Waals surface area contributed by atoms with E-state index in [0.29, 0.717) is 0 Å². The van der Waals surface area contributed by atoms with Crippen molar-refractivity contribution in [2.75, 3.05) is 26.4 Å². The van der Waals surface area contributed by atoms with Crippen LogP contribution >= 0.6 is 0 Å². The Morgan fingerprint density at radius 3 is 0.885 bits per heavy atom. The lowest BCUT2D eigenvalue weighted by atomic mass is 9.68. The fourth-order valence-electron chi connectivity index (χ4n) is 3.24. The monoisotopic (exact) mass is 372 g/mol. The molecule has 1 saturated carbocycles. The highest BCUT2D eigenvalue weighted by Crippen LogP contribution is 2.41. The van der Waals surface area contributed by atoms with Crippen molar-refractivity contribution in [3.8, 4) is 0 Å². The highest BCUT2D eigenvalue weighted by atomic mass is 16.5. The van der Waals surface area contributed by atoms with E-state index in [0.717, 1.165) is 0 Å². The molecule has 1 aliphatic rings. The summed E-state index contributed by atoms with van der Waals surface area (Å²) in [6.45, 7) is 7.22. The van der Waals surface area contributed by atoms with Crippen LogP contribution in [0.3, 0.4) is 0 Å². The molecule has 0 aromatic rings. The zero-order chi connectivity index (χ0) is 19.7. The Hall–Kier alpha value is -2.12. The summed E-state index contributed by atoms with van der Waals surface area (Å²) in [7, 11) is 0. The van der Waals surface area contributed by atoms with Crippen molar-refractivity contribution < 1.29 is 38.1 Å². The van der Waals surface area contributed by atoms with E-state index < -0.39 is 47.5 Å². The summed E-state index contributed by atoms with van der Waals surface area (Å²) in [5.74, 6) is -5.79. The van der Waals surface area contributed by atoms with Gasteiger partial charge in [0.1, 0.15) is 0 Å². The SMILES string of the molecule is CCOC(=O)[C@H]1C[C@H](C(=O)OCC)[C@H](C(=O)OCC)C[C@@H]1C(=O)OCC. The molecule has 0 aromatic heterocycles. The zero-order valence-corrected chi connectivity index (χ0v) is 15.8. The number of carbonyl (C=O) groups is 4. The molecule has 0 unspecified atom stereocenters. The van der Waals surface area contributed by atoms with Gasteiger partial charge in [-0.25, -0.2) is 0 Å². The van der Waals surface area contributed by atoms with E-state index in [-0.39, 0.29) is 39.3 Å². The van der Waals surface area contributed by atoms with Crippen molar-refractivity contribution >= 4 is 23.9 Å². The van der Waals surface area contributed by atoms with E-state index in [1.165, 1.54) is 0 Å². The molecule has 0 heterocycles. The van der Waals surface area contributed by atoms with E-state index in [1.807, 2.05) is 0 Å². The van der Waals surface area contributed by atoms with Crippen molar-refractivity contribution in [2.45, 2.75) is 40.5 Å². The molecule has 0 aliphatic heterocycles. The van der Waals surface area contributed by atoms with Gasteiger partial charge in [-0.15, -0.1) is 0 Å². The predicted octanol–water partition coefficient (Wildman–Crippen LogP) is 1.50. The van der Waals surface area contributed by atoms with Crippen LogP contribution in [0.2, 0.25) is 0 Å². The van der Waals surface area contributed by atoms with Gasteiger partial charge in [0.25, 0.3) is 0 Å². The molecule has 0 amide bonds. The molecular weight excluding hydrogens is 344 g/mol. The predicted molar refractivity (Wildman–Crippen MR) is 89.7 cm³/mol. The molecule has 4 atom stereocenters. The lowest BCUT2D eigenvalue weighted by molar-refractivity contribution is -0.175. The minimum atomic E-state index is -0.867. The summed E-state index contributed by atoms with van der Waals surface area (Å²) in [6.07, 6.45) is -0.0464. The van der Waals surface area contributed by atoms with E-state index >= 15 is 0 Å². The number of hydrogen-bond acceptors (Lipinski definition) is 8. The summed E-state index contributed by atoms with van der Waals surface area (Å²) in [5.41, 5.74) is 0. The molecule has 0 saturated heterocycles. The summed E-state index contributed by atoms with van der Waals surface area (Å²) in [4.78, 5) is 49.4. The van der Waals surface area contributed by atoms with Gasteiger partial charge in [-0.1, -0.05) is 0 Å². The first kappa shape index (κ1) is 21.9. The summed E-state index contributed by atoms with van der Waals surface area (Å²) < 4.78 is 20.2. The minimum Gasteiger partial charge on any atom is -0.466 e. The lowest BCUT2D eigenvalue weighted by Crippen LogP contribution is -2.46. The number of hydrogen-bond donors (Lipinski definition) is 0. The molecule has 0 bridgehead atoms. The van der Waals surface area contributed by atoms with Crippen molar-refractivity contribution in [1.29, 1.82) is 0 Å². The van der Waals surface area contributed by atoms with Crippen molar-refractivity contribution in [1.82, 2.24) is 0 Å². The normalized spacial score (nSPS) is 25.1. The van der Waals surface area contributed by atoms with Crippen molar-refractivity contribution in [3.05, 3.63) is 0 Å². The van der Waals surface area contributed by atoms with Gasteiger partial charge in [-0.05, 0) is 40.5 Å². The second kappa shape index (κ2) is 10.8. The molecule has 26 heavy (non-hydrogen) atoms. The largest absolute Gasteiger partial charge is 0.466 e. The molecule has 8 heteroatoms. The maximum atomic E-state index is 12.3. The Bertz CT molecular complexity index is 425. The standard InChI is InChI=1S/C18H28O8/c1-5-23-15(19)11-9-13(17(21)25-7-3)14(18(22)26-8-4)10-12(11)16(20)24-6-2/h11-14H,5-10H2,1-4H3/t11-,12-,13-,14+/m0/s1. The molecular formula is C18H28O8. The lowest BCUT2D eigenvalue weighted by Gasteiger charge is -2.36. The molecule has 1 fully saturated rings. The molecule has 8 nitrogen and oxygen atoms in total. The average Bonchev–Trinajstić information content (AvgIpc) is 2.61. The molecule has 1 aliphatic carbocycles. The van der Waals surface area contributed by atoms with Crippen molar-refractivity contribution in [3.63, 3.8) is 0 Å². The van der Waals surface area contributed by atoms with Crippen LogP contribution in [0.25, 0.3) is 0 Å². The second-order valence-corrected chi connectivity index (χ2v) is 5.91. The average molecular weight is 372 g/mol. The Morgan fingerprint density at radius 2 is 0.731 bits per heavy atom. The van der Waals surface area contributed by atoms with Crippen LogP contribution in [-0.2, 0) is 38.1 Å². The van der Waals surface area contributed by atoms with Gasteiger partial charge in [-0.3, -0.25) is 19.2 Å². The van der Waals surface area contributed by atoms with Crippen LogP contribution in [0.5, 0.6) is 0 Å².